The van der Waals surface area contributed by atoms with Crippen molar-refractivity contribution in [3.8, 4) is 5.75 Å². The van der Waals surface area contributed by atoms with Crippen LogP contribution in [-0.4, -0.2) is 16.2 Å². The molecule has 4 nitrogen and oxygen atoms in total. The van der Waals surface area contributed by atoms with Crippen molar-refractivity contribution in [3.05, 3.63) is 48.1 Å². The zero-order valence-electron chi connectivity index (χ0n) is 18.0. The molecule has 0 fully saturated rings. The number of hydrogen-bond acceptors (Lipinski definition) is 3. The Morgan fingerprint density at radius 1 is 1.07 bits per heavy atom. The van der Waals surface area contributed by atoms with Crippen LogP contribution in [0.3, 0.4) is 0 Å². The highest BCUT2D eigenvalue weighted by Gasteiger charge is 2.34. The Kier molecular flexibility index (Phi) is 9.46. The highest BCUT2D eigenvalue weighted by molar-refractivity contribution is 5.96. The minimum absolute atomic E-state index is 0.233. The monoisotopic (exact) mass is 399 g/mol. The number of rotatable bonds is 13. The number of hydrogen-bond donors (Lipinski definition) is 2. The van der Waals surface area contributed by atoms with Gasteiger partial charge in [0.05, 0.1) is 5.69 Å². The largest absolute Gasteiger partial charge is 0.507 e. The van der Waals surface area contributed by atoms with E-state index in [1.807, 2.05) is 0 Å². The van der Waals surface area contributed by atoms with Crippen LogP contribution in [0.5, 0.6) is 5.75 Å². The van der Waals surface area contributed by atoms with Crippen molar-refractivity contribution < 1.29 is 15.1 Å². The SMILES string of the molecule is C=CCc1cc2c(c(CC=C)c1O)CC(CCCCCCCCCC)C(=O)N2O. The molecule has 0 spiro atoms. The van der Waals surface area contributed by atoms with Gasteiger partial charge in [0.25, 0.3) is 5.91 Å². The zero-order chi connectivity index (χ0) is 21.2. The molecule has 4 heteroatoms. The number of phenols is 1. The summed E-state index contributed by atoms with van der Waals surface area (Å²) in [6.45, 7) is 9.75. The van der Waals surface area contributed by atoms with Gasteiger partial charge in [0, 0.05) is 17.0 Å². The molecule has 29 heavy (non-hydrogen) atoms. The first-order valence-electron chi connectivity index (χ1n) is 11.2. The zero-order valence-corrected chi connectivity index (χ0v) is 18.0. The van der Waals surface area contributed by atoms with Gasteiger partial charge in [0.15, 0.2) is 0 Å². The molecule has 2 N–H and O–H groups in total. The van der Waals surface area contributed by atoms with Crippen LogP contribution in [0, 0.1) is 5.92 Å². The van der Waals surface area contributed by atoms with Crippen molar-refractivity contribution in [2.75, 3.05) is 5.06 Å². The van der Waals surface area contributed by atoms with Gasteiger partial charge < -0.3 is 5.11 Å². The number of allylic oxidation sites excluding steroid dienone is 2. The van der Waals surface area contributed by atoms with Crippen molar-refractivity contribution >= 4 is 11.6 Å². The second-order valence-corrected chi connectivity index (χ2v) is 8.16. The third kappa shape index (κ3) is 5.96. The van der Waals surface area contributed by atoms with Crippen LogP contribution < -0.4 is 5.06 Å². The van der Waals surface area contributed by atoms with E-state index in [0.717, 1.165) is 35.5 Å². The van der Waals surface area contributed by atoms with Crippen molar-refractivity contribution in [1.29, 1.82) is 0 Å². The van der Waals surface area contributed by atoms with Gasteiger partial charge in [-0.3, -0.25) is 10.0 Å². The summed E-state index contributed by atoms with van der Waals surface area (Å²) < 4.78 is 0. The molecule has 1 unspecified atom stereocenters. The summed E-state index contributed by atoms with van der Waals surface area (Å²) in [6, 6.07) is 1.71. The van der Waals surface area contributed by atoms with Crippen LogP contribution in [-0.2, 0) is 24.1 Å². The van der Waals surface area contributed by atoms with Crippen LogP contribution in [0.15, 0.2) is 31.4 Å². The maximum atomic E-state index is 12.7. The summed E-state index contributed by atoms with van der Waals surface area (Å²) in [5.74, 6) is -0.238. The number of phenolic OH excluding ortho intramolecular Hbond substituents is 1. The molecule has 0 bridgehead atoms. The number of nitrogens with zero attached hydrogens (tertiary/aromatic N) is 1. The molecule has 0 aromatic heterocycles. The smallest absolute Gasteiger partial charge is 0.254 e. The van der Waals surface area contributed by atoms with Crippen LogP contribution in [0.2, 0.25) is 0 Å². The standard InChI is InChI=1S/C25H37NO3/c1-4-7-8-9-10-11-12-13-16-20-17-22-21(15-6-3)24(27)19(14-5-2)18-23(22)26(29)25(20)28/h5-6,18,20,27,29H,2-4,7-17H2,1H3. The molecular formula is C25H37NO3. The number of carbonyl (C=O) groups is 1. The first-order chi connectivity index (χ1) is 14.0. The van der Waals surface area contributed by atoms with E-state index in [9.17, 15) is 15.1 Å². The molecule has 160 valence electrons. The molecule has 1 aliphatic heterocycles. The predicted molar refractivity (Wildman–Crippen MR) is 120 cm³/mol. The number of hydroxylamine groups is 1. The molecule has 0 radical (unpaired) electrons. The summed E-state index contributed by atoms with van der Waals surface area (Å²) in [4.78, 5) is 12.7. The minimum Gasteiger partial charge on any atom is -0.507 e. The molecule has 1 atom stereocenters. The Morgan fingerprint density at radius 2 is 1.69 bits per heavy atom. The summed E-state index contributed by atoms with van der Waals surface area (Å²) in [5, 5.41) is 22.0. The second kappa shape index (κ2) is 11.8. The van der Waals surface area contributed by atoms with Gasteiger partial charge in [0.2, 0.25) is 0 Å². The number of carbonyl (C=O) groups excluding carboxylic acids is 1. The molecule has 2 rings (SSSR count). The molecule has 0 saturated carbocycles. The van der Waals surface area contributed by atoms with Gasteiger partial charge in [-0.05, 0) is 37.3 Å². The first kappa shape index (κ1) is 23.2. The second-order valence-electron chi connectivity index (χ2n) is 8.16. The summed E-state index contributed by atoms with van der Waals surface area (Å²) in [5.41, 5.74) is 2.79. The maximum Gasteiger partial charge on any atom is 0.254 e. The Morgan fingerprint density at radius 3 is 2.31 bits per heavy atom. The molecular weight excluding hydrogens is 362 g/mol. The molecule has 0 saturated heterocycles. The van der Waals surface area contributed by atoms with E-state index in [1.54, 1.807) is 18.2 Å². The number of aromatic hydroxyl groups is 1. The Labute approximate surface area is 175 Å². The molecule has 1 aliphatic rings. The van der Waals surface area contributed by atoms with Crippen LogP contribution in [0.1, 0.15) is 81.4 Å². The van der Waals surface area contributed by atoms with Crippen LogP contribution in [0.4, 0.5) is 5.69 Å². The van der Waals surface area contributed by atoms with E-state index >= 15 is 0 Å². The Balaban J connectivity index is 2.05. The topological polar surface area (TPSA) is 60.8 Å². The summed E-state index contributed by atoms with van der Waals surface area (Å²) in [7, 11) is 0. The number of anilines is 1. The fourth-order valence-corrected chi connectivity index (χ4v) is 4.28. The highest BCUT2D eigenvalue weighted by Crippen LogP contribution is 2.40. The fourth-order valence-electron chi connectivity index (χ4n) is 4.28. The van der Waals surface area contributed by atoms with Crippen molar-refractivity contribution in [2.45, 2.75) is 84.0 Å². The average Bonchev–Trinajstić information content (AvgIpc) is 2.71. The summed E-state index contributed by atoms with van der Waals surface area (Å²) in [6.07, 6.45) is 15.5. The Bertz CT molecular complexity index is 711. The predicted octanol–water partition coefficient (Wildman–Crippen LogP) is 6.27. The lowest BCUT2D eigenvalue weighted by Crippen LogP contribution is -2.39. The molecule has 1 heterocycles. The molecule has 1 aromatic carbocycles. The first-order valence-corrected chi connectivity index (χ1v) is 11.2. The average molecular weight is 400 g/mol. The molecule has 1 aromatic rings. The van der Waals surface area contributed by atoms with Crippen LogP contribution >= 0.6 is 0 Å². The third-order valence-corrected chi connectivity index (χ3v) is 5.93. The number of fused-ring (bicyclic) bond motifs is 1. The van der Waals surface area contributed by atoms with E-state index in [-0.39, 0.29) is 17.6 Å². The number of unbranched alkanes of at least 4 members (excludes halogenated alkanes) is 7. The van der Waals surface area contributed by atoms with Gasteiger partial charge in [-0.15, -0.1) is 13.2 Å². The van der Waals surface area contributed by atoms with E-state index in [2.05, 4.69) is 20.1 Å². The lowest BCUT2D eigenvalue weighted by Gasteiger charge is -2.32. The number of benzene rings is 1. The molecule has 1 amide bonds. The summed E-state index contributed by atoms with van der Waals surface area (Å²) >= 11 is 0. The quantitative estimate of drug-likeness (QED) is 0.233. The third-order valence-electron chi connectivity index (χ3n) is 5.93. The van der Waals surface area contributed by atoms with Gasteiger partial charge in [-0.25, -0.2) is 0 Å². The number of amides is 1. The van der Waals surface area contributed by atoms with E-state index in [0.29, 0.717) is 30.5 Å². The lowest BCUT2D eigenvalue weighted by atomic mass is 9.84. The Hall–Kier alpha value is -2.07. The van der Waals surface area contributed by atoms with Gasteiger partial charge in [0.1, 0.15) is 5.75 Å². The van der Waals surface area contributed by atoms with Gasteiger partial charge >= 0.3 is 0 Å². The van der Waals surface area contributed by atoms with Gasteiger partial charge in [-0.2, -0.15) is 5.06 Å². The normalized spacial score (nSPS) is 16.0. The maximum absolute atomic E-state index is 12.7. The van der Waals surface area contributed by atoms with Gasteiger partial charge in [-0.1, -0.05) is 70.4 Å². The van der Waals surface area contributed by atoms with E-state index in [1.165, 1.54) is 38.5 Å². The van der Waals surface area contributed by atoms with E-state index in [4.69, 9.17) is 0 Å². The lowest BCUT2D eigenvalue weighted by molar-refractivity contribution is -0.128. The van der Waals surface area contributed by atoms with E-state index < -0.39 is 0 Å². The molecule has 0 aliphatic carbocycles. The van der Waals surface area contributed by atoms with Crippen molar-refractivity contribution in [3.63, 3.8) is 0 Å². The van der Waals surface area contributed by atoms with Crippen molar-refractivity contribution in [1.82, 2.24) is 0 Å². The van der Waals surface area contributed by atoms with Crippen molar-refractivity contribution in [2.24, 2.45) is 5.92 Å². The fraction of sp³-hybridized carbons (Fsp3) is 0.560. The van der Waals surface area contributed by atoms with Crippen LogP contribution in [0.25, 0.3) is 0 Å². The highest BCUT2D eigenvalue weighted by atomic mass is 16.5. The minimum atomic E-state index is -0.236.